The van der Waals surface area contributed by atoms with Gasteiger partial charge in [0.25, 0.3) is 0 Å². The summed E-state index contributed by atoms with van der Waals surface area (Å²) in [5, 5.41) is 0. The Hall–Kier alpha value is -2.17. The zero-order chi connectivity index (χ0) is 20.2. The topological polar surface area (TPSA) is 35.5 Å². The molecule has 2 aromatic rings. The van der Waals surface area contributed by atoms with Gasteiger partial charge in [-0.25, -0.2) is 0 Å². The number of esters is 1. The first-order chi connectivity index (χ1) is 13.9. The van der Waals surface area contributed by atoms with E-state index in [1.54, 1.807) is 0 Å². The summed E-state index contributed by atoms with van der Waals surface area (Å²) < 4.78 is 13.2. The Morgan fingerprint density at radius 3 is 2.00 bits per heavy atom. The molecular formula is C25H30NO3+. The van der Waals surface area contributed by atoms with E-state index in [0.29, 0.717) is 24.1 Å². The molecule has 152 valence electrons. The van der Waals surface area contributed by atoms with Crippen molar-refractivity contribution in [3.63, 3.8) is 0 Å². The minimum absolute atomic E-state index is 0.0374. The molecule has 5 rings (SSSR count). The van der Waals surface area contributed by atoms with Crippen LogP contribution < -0.4 is 0 Å². The van der Waals surface area contributed by atoms with Crippen molar-refractivity contribution in [1.29, 1.82) is 0 Å². The summed E-state index contributed by atoms with van der Waals surface area (Å²) in [6.45, 7) is 2.85. The molecule has 0 radical (unpaired) electrons. The lowest BCUT2D eigenvalue weighted by atomic mass is 9.76. The number of benzene rings is 2. The number of likely N-dealkylation sites (N-methyl/N-ethyl adjacent to an activating group) is 1. The number of nitrogens with zero attached hydrogens (tertiary/aromatic N) is 1. The number of piperidine rings is 1. The van der Waals surface area contributed by atoms with E-state index in [2.05, 4.69) is 14.1 Å². The van der Waals surface area contributed by atoms with Crippen LogP contribution in [-0.4, -0.2) is 55.4 Å². The van der Waals surface area contributed by atoms with Crippen LogP contribution in [-0.2, 0) is 19.7 Å². The number of fused-ring (bicyclic) bond motifs is 5. The molecule has 3 saturated heterocycles. The summed E-state index contributed by atoms with van der Waals surface area (Å²) in [5.74, 6) is 0.466. The highest BCUT2D eigenvalue weighted by Crippen LogP contribution is 2.50. The monoisotopic (exact) mass is 392 g/mol. The smallest absolute Gasteiger partial charge is 0.321 e. The highest BCUT2D eigenvalue weighted by molar-refractivity contribution is 5.87. The van der Waals surface area contributed by atoms with Gasteiger partial charge in [0, 0.05) is 12.8 Å². The molecule has 5 atom stereocenters. The first kappa shape index (κ1) is 18.8. The molecule has 2 aromatic carbocycles. The quantitative estimate of drug-likeness (QED) is 0.590. The van der Waals surface area contributed by atoms with Gasteiger partial charge in [0.15, 0.2) is 0 Å². The molecule has 4 heteroatoms. The SMILES string of the molecule is CC(C(=O)O[C@H]1CC2C3CO[C@H]3[C@H](C1)[N+]2(C)C)(c1ccccc1)c1ccccc1. The second kappa shape index (κ2) is 6.68. The molecular weight excluding hydrogens is 362 g/mol. The fraction of sp³-hybridized carbons (Fsp3) is 0.480. The van der Waals surface area contributed by atoms with Crippen molar-refractivity contribution < 1.29 is 18.8 Å². The van der Waals surface area contributed by atoms with Gasteiger partial charge in [-0.05, 0) is 18.1 Å². The lowest BCUT2D eigenvalue weighted by Gasteiger charge is -2.44. The van der Waals surface area contributed by atoms with Gasteiger partial charge in [-0.15, -0.1) is 0 Å². The molecule has 0 N–H and O–H groups in total. The van der Waals surface area contributed by atoms with Crippen LogP contribution in [0.2, 0.25) is 0 Å². The number of hydrogen-bond donors (Lipinski definition) is 0. The maximum Gasteiger partial charge on any atom is 0.321 e. The van der Waals surface area contributed by atoms with E-state index in [-0.39, 0.29) is 12.1 Å². The fourth-order valence-electron chi connectivity index (χ4n) is 5.96. The molecule has 4 nitrogen and oxygen atoms in total. The summed E-state index contributed by atoms with van der Waals surface area (Å²) in [5.41, 5.74) is 1.11. The van der Waals surface area contributed by atoms with Crippen LogP contribution in [0.1, 0.15) is 30.9 Å². The van der Waals surface area contributed by atoms with Gasteiger partial charge in [0.1, 0.15) is 29.7 Å². The van der Waals surface area contributed by atoms with Crippen molar-refractivity contribution in [2.24, 2.45) is 5.92 Å². The van der Waals surface area contributed by atoms with Crippen LogP contribution in [0.3, 0.4) is 0 Å². The van der Waals surface area contributed by atoms with E-state index in [4.69, 9.17) is 9.47 Å². The molecule has 2 unspecified atom stereocenters. The Kier molecular flexibility index (Phi) is 4.34. The molecule has 3 aliphatic rings. The van der Waals surface area contributed by atoms with Crippen LogP contribution in [0.5, 0.6) is 0 Å². The maximum absolute atomic E-state index is 13.6. The highest BCUT2D eigenvalue weighted by Gasteiger charge is 2.65. The molecule has 2 bridgehead atoms. The van der Waals surface area contributed by atoms with Crippen molar-refractivity contribution in [2.75, 3.05) is 20.7 Å². The van der Waals surface area contributed by atoms with Crippen molar-refractivity contribution in [2.45, 2.75) is 49.5 Å². The molecule has 0 aliphatic carbocycles. The second-order valence-corrected chi connectivity index (χ2v) is 9.58. The van der Waals surface area contributed by atoms with E-state index >= 15 is 0 Å². The molecule has 0 saturated carbocycles. The van der Waals surface area contributed by atoms with Gasteiger partial charge >= 0.3 is 5.97 Å². The Morgan fingerprint density at radius 2 is 1.52 bits per heavy atom. The van der Waals surface area contributed by atoms with Crippen LogP contribution in [0.25, 0.3) is 0 Å². The third-order valence-corrected chi connectivity index (χ3v) is 7.88. The average Bonchev–Trinajstić information content (AvgIpc) is 2.79. The highest BCUT2D eigenvalue weighted by atomic mass is 16.5. The van der Waals surface area contributed by atoms with Crippen LogP contribution >= 0.6 is 0 Å². The second-order valence-electron chi connectivity index (χ2n) is 9.58. The zero-order valence-corrected chi connectivity index (χ0v) is 17.5. The standard InChI is InChI=1S/C25H30NO3/c1-25(17-10-6-4-7-11-17,18-12-8-5-9-13-18)24(27)29-19-14-21-20-16-28-23(20)22(15-19)26(21,2)3/h4-13,19-23H,14-16H2,1-3H3/q+1/t19-,20?,21?,22-,23+/m0/s1. The van der Waals surface area contributed by atoms with Crippen LogP contribution in [0.4, 0.5) is 0 Å². The first-order valence-electron chi connectivity index (χ1n) is 10.7. The molecule has 3 heterocycles. The fourth-order valence-corrected chi connectivity index (χ4v) is 5.96. The van der Waals surface area contributed by atoms with Gasteiger partial charge in [0.05, 0.1) is 26.6 Å². The molecule has 29 heavy (non-hydrogen) atoms. The maximum atomic E-state index is 13.6. The first-order valence-corrected chi connectivity index (χ1v) is 10.7. The lowest BCUT2D eigenvalue weighted by Crippen LogP contribution is -2.58. The summed E-state index contributed by atoms with van der Waals surface area (Å²) >= 11 is 0. The Morgan fingerprint density at radius 1 is 0.966 bits per heavy atom. The molecule has 0 amide bonds. The summed E-state index contributed by atoms with van der Waals surface area (Å²) in [6, 6.07) is 20.9. The van der Waals surface area contributed by atoms with Crippen molar-refractivity contribution in [3.05, 3.63) is 71.8 Å². The predicted octanol–water partition coefficient (Wildman–Crippen LogP) is 3.54. The van der Waals surface area contributed by atoms with Crippen molar-refractivity contribution in [3.8, 4) is 0 Å². The van der Waals surface area contributed by atoms with Crippen LogP contribution in [0.15, 0.2) is 60.7 Å². The van der Waals surface area contributed by atoms with E-state index in [0.717, 1.165) is 35.1 Å². The molecule has 0 spiro atoms. The van der Waals surface area contributed by atoms with Gasteiger partial charge in [-0.3, -0.25) is 4.79 Å². The van der Waals surface area contributed by atoms with E-state index in [9.17, 15) is 4.79 Å². The van der Waals surface area contributed by atoms with Gasteiger partial charge in [-0.2, -0.15) is 0 Å². The van der Waals surface area contributed by atoms with E-state index < -0.39 is 5.41 Å². The average molecular weight is 393 g/mol. The molecule has 3 aliphatic heterocycles. The van der Waals surface area contributed by atoms with Gasteiger partial charge in [-0.1, -0.05) is 60.7 Å². The number of hydrogen-bond acceptors (Lipinski definition) is 3. The van der Waals surface area contributed by atoms with Crippen molar-refractivity contribution >= 4 is 5.97 Å². The normalized spacial score (nSPS) is 32.2. The van der Waals surface area contributed by atoms with Gasteiger partial charge < -0.3 is 14.0 Å². The van der Waals surface area contributed by atoms with E-state index in [1.807, 2.05) is 67.6 Å². The minimum Gasteiger partial charge on any atom is -0.461 e. The van der Waals surface area contributed by atoms with Gasteiger partial charge in [0.2, 0.25) is 0 Å². The summed E-state index contributed by atoms with van der Waals surface area (Å²) in [7, 11) is 4.63. The molecule has 3 fully saturated rings. The van der Waals surface area contributed by atoms with Crippen molar-refractivity contribution in [1.82, 2.24) is 0 Å². The number of quaternary nitrogens is 1. The summed E-state index contributed by atoms with van der Waals surface area (Å²) in [4.78, 5) is 13.6. The third-order valence-electron chi connectivity index (χ3n) is 7.88. The largest absolute Gasteiger partial charge is 0.461 e. The number of carbonyl (C=O) groups is 1. The molecule has 0 aromatic heterocycles. The minimum atomic E-state index is -0.821. The third kappa shape index (κ3) is 2.77. The lowest BCUT2D eigenvalue weighted by molar-refractivity contribution is -0.933. The Balaban J connectivity index is 1.43. The number of carbonyl (C=O) groups excluding carboxylic acids is 1. The summed E-state index contributed by atoms with van der Waals surface area (Å²) in [6.07, 6.45) is 2.12. The number of rotatable bonds is 4. The van der Waals surface area contributed by atoms with Crippen LogP contribution in [0, 0.1) is 5.92 Å². The zero-order valence-electron chi connectivity index (χ0n) is 17.5. The Bertz CT molecular complexity index is 833. The predicted molar refractivity (Wildman–Crippen MR) is 111 cm³/mol. The Labute approximate surface area is 173 Å². The number of ether oxygens (including phenoxy) is 2. The van der Waals surface area contributed by atoms with E-state index in [1.165, 1.54) is 0 Å².